The Hall–Kier alpha value is -4.88. The number of carbonyl (C=O) groups excluding carboxylic acids is 1. The van der Waals surface area contributed by atoms with Gasteiger partial charge in [0, 0.05) is 42.2 Å². The van der Waals surface area contributed by atoms with Crippen molar-refractivity contribution in [1.82, 2.24) is 29.7 Å². The van der Waals surface area contributed by atoms with Crippen LogP contribution in [0.3, 0.4) is 0 Å². The summed E-state index contributed by atoms with van der Waals surface area (Å²) in [5, 5.41) is 2.96. The van der Waals surface area contributed by atoms with Crippen LogP contribution in [0.5, 0.6) is 0 Å². The largest absolute Gasteiger partial charge is 0.329 e. The van der Waals surface area contributed by atoms with Crippen LogP contribution in [-0.4, -0.2) is 50.0 Å². The van der Waals surface area contributed by atoms with Crippen molar-refractivity contribution in [3.8, 4) is 0 Å². The number of hydrogen-bond acceptors (Lipinski definition) is 5. The van der Waals surface area contributed by atoms with Crippen LogP contribution >= 0.6 is 0 Å². The Kier molecular flexibility index (Phi) is 9.03. The average Bonchev–Trinajstić information content (AvgIpc) is 3.68. The van der Waals surface area contributed by atoms with E-state index in [1.807, 2.05) is 49.4 Å². The van der Waals surface area contributed by atoms with Crippen molar-refractivity contribution in [1.29, 1.82) is 0 Å². The molecule has 6 rings (SSSR count). The van der Waals surface area contributed by atoms with Crippen LogP contribution < -0.4 is 5.32 Å². The molecule has 1 saturated heterocycles. The van der Waals surface area contributed by atoms with Gasteiger partial charge in [-0.25, -0.2) is 4.98 Å². The molecule has 7 nitrogen and oxygen atoms in total. The molecule has 0 radical (unpaired) electrons. The molecule has 0 aliphatic carbocycles. The van der Waals surface area contributed by atoms with Gasteiger partial charge in [-0.3, -0.25) is 19.7 Å². The Morgan fingerprint density at radius 3 is 2.59 bits per heavy atom. The summed E-state index contributed by atoms with van der Waals surface area (Å²) in [5.41, 5.74) is 8.90. The molecule has 222 valence electrons. The van der Waals surface area contributed by atoms with E-state index in [-0.39, 0.29) is 5.91 Å². The minimum Gasteiger partial charge on any atom is -0.329 e. The minimum absolute atomic E-state index is 0.145. The standard InChI is InChI=1S/C37H38N6O/c1-27-14-16-29(17-15-27)32(19-24-42-22-5-6-23-42)34-13-7-10-31(41-34)11-8-20-39-37(44)33-12-4-3-9-30(33)26-43-28(2)40-35-25-38-21-18-36(35)43/h3-4,7-10,12-21,25H,5-6,11,22-24,26H2,1-2H3,(H,39,44). The molecule has 5 aromatic rings. The molecule has 0 saturated carbocycles. The maximum atomic E-state index is 13.2. The number of fused-ring (bicyclic) bond motifs is 1. The maximum absolute atomic E-state index is 13.2. The van der Waals surface area contributed by atoms with E-state index >= 15 is 0 Å². The van der Waals surface area contributed by atoms with E-state index in [4.69, 9.17) is 4.98 Å². The second kappa shape index (κ2) is 13.6. The van der Waals surface area contributed by atoms with E-state index in [1.165, 1.54) is 24.0 Å². The number of aryl methyl sites for hydroxylation is 2. The van der Waals surface area contributed by atoms with Crippen LogP contribution in [0.4, 0.5) is 0 Å². The van der Waals surface area contributed by atoms with Crippen molar-refractivity contribution < 1.29 is 4.79 Å². The molecule has 3 aromatic heterocycles. The predicted molar refractivity (Wildman–Crippen MR) is 176 cm³/mol. The van der Waals surface area contributed by atoms with Gasteiger partial charge in [-0.15, -0.1) is 0 Å². The zero-order chi connectivity index (χ0) is 30.3. The summed E-state index contributed by atoms with van der Waals surface area (Å²) >= 11 is 0. The van der Waals surface area contributed by atoms with Crippen molar-refractivity contribution in [3.63, 3.8) is 0 Å². The number of nitrogens with zero attached hydrogens (tertiary/aromatic N) is 5. The van der Waals surface area contributed by atoms with Gasteiger partial charge < -0.3 is 9.88 Å². The van der Waals surface area contributed by atoms with E-state index in [2.05, 4.69) is 74.1 Å². The van der Waals surface area contributed by atoms with Crippen LogP contribution in [0.1, 0.15) is 57.1 Å². The number of amides is 1. The van der Waals surface area contributed by atoms with Crippen LogP contribution in [0.25, 0.3) is 16.6 Å². The smallest absolute Gasteiger partial charge is 0.255 e. The molecule has 0 bridgehead atoms. The van der Waals surface area contributed by atoms with Crippen molar-refractivity contribution in [3.05, 3.63) is 143 Å². The number of carbonyl (C=O) groups is 1. The second-order valence-electron chi connectivity index (χ2n) is 11.4. The van der Waals surface area contributed by atoms with Gasteiger partial charge in [0.05, 0.1) is 24.0 Å². The summed E-state index contributed by atoms with van der Waals surface area (Å²) in [6.45, 7) is 7.87. The van der Waals surface area contributed by atoms with Gasteiger partial charge in [0.2, 0.25) is 0 Å². The van der Waals surface area contributed by atoms with Crippen LogP contribution in [0.15, 0.2) is 104 Å². The first-order chi connectivity index (χ1) is 21.5. The number of allylic oxidation sites excluding steroid dienone is 1. The van der Waals surface area contributed by atoms with Crippen molar-refractivity contribution in [2.75, 3.05) is 19.6 Å². The number of benzene rings is 2. The molecule has 0 atom stereocenters. The number of imidazole rings is 1. The summed E-state index contributed by atoms with van der Waals surface area (Å²) in [6, 6.07) is 24.5. The van der Waals surface area contributed by atoms with E-state index < -0.39 is 0 Å². The highest BCUT2D eigenvalue weighted by Gasteiger charge is 2.15. The quantitative estimate of drug-likeness (QED) is 0.203. The second-order valence-corrected chi connectivity index (χ2v) is 11.4. The summed E-state index contributed by atoms with van der Waals surface area (Å²) in [7, 11) is 0. The van der Waals surface area contributed by atoms with E-state index in [0.29, 0.717) is 18.5 Å². The lowest BCUT2D eigenvalue weighted by molar-refractivity contribution is 0.0969. The molecule has 1 N–H and O–H groups in total. The molecule has 1 amide bonds. The molecule has 0 spiro atoms. The fraction of sp³-hybridized carbons (Fsp3) is 0.243. The molecule has 1 aliphatic heterocycles. The minimum atomic E-state index is -0.145. The number of nitrogens with one attached hydrogen (secondary N) is 1. The zero-order valence-corrected chi connectivity index (χ0v) is 25.4. The fourth-order valence-electron chi connectivity index (χ4n) is 5.78. The summed E-state index contributed by atoms with van der Waals surface area (Å²) in [5.74, 6) is 0.739. The highest BCUT2D eigenvalue weighted by Crippen LogP contribution is 2.24. The monoisotopic (exact) mass is 582 g/mol. The SMILES string of the molecule is Cc1ccc(C(=CCN2CCCC2)c2cccc(CC=CNC(=O)c3ccccc3Cn3c(C)nc4cnccc43)n2)cc1. The molecule has 7 heteroatoms. The number of hydrogen-bond donors (Lipinski definition) is 1. The zero-order valence-electron chi connectivity index (χ0n) is 25.4. The van der Waals surface area contributed by atoms with Gasteiger partial charge in [-0.2, -0.15) is 0 Å². The Morgan fingerprint density at radius 1 is 0.932 bits per heavy atom. The molecule has 44 heavy (non-hydrogen) atoms. The van der Waals surface area contributed by atoms with Gasteiger partial charge in [0.25, 0.3) is 5.91 Å². The summed E-state index contributed by atoms with van der Waals surface area (Å²) in [4.78, 5) is 29.5. The first kappa shape index (κ1) is 29.2. The molecular weight excluding hydrogens is 544 g/mol. The molecule has 1 fully saturated rings. The van der Waals surface area contributed by atoms with Gasteiger partial charge >= 0.3 is 0 Å². The lowest BCUT2D eigenvalue weighted by atomic mass is 10.00. The molecule has 0 unspecified atom stereocenters. The topological polar surface area (TPSA) is 75.9 Å². The Morgan fingerprint density at radius 2 is 1.75 bits per heavy atom. The van der Waals surface area contributed by atoms with E-state index in [1.54, 1.807) is 18.6 Å². The number of aromatic nitrogens is 4. The van der Waals surface area contributed by atoms with Crippen molar-refractivity contribution in [2.24, 2.45) is 0 Å². The lowest BCUT2D eigenvalue weighted by Crippen LogP contribution is -2.20. The number of pyridine rings is 2. The van der Waals surface area contributed by atoms with Crippen LogP contribution in [-0.2, 0) is 13.0 Å². The first-order valence-corrected chi connectivity index (χ1v) is 15.3. The van der Waals surface area contributed by atoms with Crippen LogP contribution in [0, 0.1) is 13.8 Å². The molecule has 2 aromatic carbocycles. The van der Waals surface area contributed by atoms with E-state index in [9.17, 15) is 4.79 Å². The average molecular weight is 583 g/mol. The maximum Gasteiger partial charge on any atom is 0.255 e. The number of likely N-dealkylation sites (tertiary alicyclic amines) is 1. The van der Waals surface area contributed by atoms with Gasteiger partial charge in [0.15, 0.2) is 0 Å². The van der Waals surface area contributed by atoms with Crippen LogP contribution in [0.2, 0.25) is 0 Å². The number of rotatable bonds is 10. The summed E-state index contributed by atoms with van der Waals surface area (Å²) in [6.07, 6.45) is 12.7. The highest BCUT2D eigenvalue weighted by molar-refractivity contribution is 5.96. The van der Waals surface area contributed by atoms with Crippen molar-refractivity contribution in [2.45, 2.75) is 39.7 Å². The fourth-order valence-corrected chi connectivity index (χ4v) is 5.78. The normalized spacial score (nSPS) is 14.1. The Bertz CT molecular complexity index is 1810. The summed E-state index contributed by atoms with van der Waals surface area (Å²) < 4.78 is 2.11. The van der Waals surface area contributed by atoms with Crippen molar-refractivity contribution >= 4 is 22.5 Å². The highest BCUT2D eigenvalue weighted by atomic mass is 16.1. The third-order valence-electron chi connectivity index (χ3n) is 8.19. The molecular formula is C37H38N6O. The predicted octanol–water partition coefficient (Wildman–Crippen LogP) is 6.51. The Labute approximate surface area is 259 Å². The third kappa shape index (κ3) is 6.84. The van der Waals surface area contributed by atoms with E-state index in [0.717, 1.165) is 59.0 Å². The molecule has 4 heterocycles. The van der Waals surface area contributed by atoms with Gasteiger partial charge in [-0.05, 0) is 75.2 Å². The first-order valence-electron chi connectivity index (χ1n) is 15.3. The van der Waals surface area contributed by atoms with Gasteiger partial charge in [0.1, 0.15) is 11.3 Å². The lowest BCUT2D eigenvalue weighted by Gasteiger charge is -2.14. The Balaban J connectivity index is 1.14. The van der Waals surface area contributed by atoms with Gasteiger partial charge in [-0.1, -0.05) is 66.2 Å². The molecule has 1 aliphatic rings. The third-order valence-corrected chi connectivity index (χ3v) is 8.19.